The van der Waals surface area contributed by atoms with E-state index >= 15 is 0 Å². The second-order valence-electron chi connectivity index (χ2n) is 5.15. The SMILES string of the molecule is CC(=O)c1c[nH]c(=O)n(CCOC2CCCCC2)c1=O. The molecule has 0 atom stereocenters. The summed E-state index contributed by atoms with van der Waals surface area (Å²) < 4.78 is 6.73. The maximum absolute atomic E-state index is 12.0. The van der Waals surface area contributed by atoms with Crippen molar-refractivity contribution in [2.24, 2.45) is 0 Å². The molecule has 1 aliphatic rings. The molecule has 1 heterocycles. The van der Waals surface area contributed by atoms with Crippen molar-refractivity contribution >= 4 is 5.78 Å². The standard InChI is InChI=1S/C14H20N2O4/c1-10(17)12-9-15-14(19)16(13(12)18)7-8-20-11-5-3-2-4-6-11/h9,11H,2-8H2,1H3,(H,15,19). The number of nitrogens with one attached hydrogen (secondary N) is 1. The number of hydrogen-bond acceptors (Lipinski definition) is 4. The fraction of sp³-hybridized carbons (Fsp3) is 0.643. The van der Waals surface area contributed by atoms with Crippen molar-refractivity contribution in [1.29, 1.82) is 0 Å². The van der Waals surface area contributed by atoms with E-state index in [0.717, 1.165) is 17.4 Å². The molecule has 0 amide bonds. The van der Waals surface area contributed by atoms with Gasteiger partial charge in [0.15, 0.2) is 5.78 Å². The molecule has 0 aliphatic heterocycles. The Hall–Kier alpha value is -1.69. The van der Waals surface area contributed by atoms with Crippen LogP contribution in [0.5, 0.6) is 0 Å². The van der Waals surface area contributed by atoms with Gasteiger partial charge in [0.1, 0.15) is 0 Å². The van der Waals surface area contributed by atoms with Gasteiger partial charge in [0.25, 0.3) is 5.56 Å². The van der Waals surface area contributed by atoms with Crippen LogP contribution in [0.25, 0.3) is 0 Å². The second kappa shape index (κ2) is 6.65. The Morgan fingerprint density at radius 2 is 2.05 bits per heavy atom. The van der Waals surface area contributed by atoms with E-state index in [1.165, 1.54) is 32.4 Å². The van der Waals surface area contributed by atoms with Gasteiger partial charge in [-0.05, 0) is 19.8 Å². The minimum absolute atomic E-state index is 0.00210. The lowest BCUT2D eigenvalue weighted by Gasteiger charge is -2.22. The summed E-state index contributed by atoms with van der Waals surface area (Å²) in [6.45, 7) is 1.79. The van der Waals surface area contributed by atoms with Gasteiger partial charge in [-0.3, -0.25) is 14.2 Å². The van der Waals surface area contributed by atoms with Gasteiger partial charge in [-0.15, -0.1) is 0 Å². The van der Waals surface area contributed by atoms with Crippen LogP contribution in [0, 0.1) is 0 Å². The van der Waals surface area contributed by atoms with E-state index in [1.54, 1.807) is 0 Å². The number of carbonyl (C=O) groups excluding carboxylic acids is 1. The third-order valence-electron chi connectivity index (χ3n) is 3.66. The van der Waals surface area contributed by atoms with Crippen molar-refractivity contribution in [2.75, 3.05) is 6.61 Å². The lowest BCUT2D eigenvalue weighted by Crippen LogP contribution is -2.39. The van der Waals surface area contributed by atoms with E-state index in [2.05, 4.69) is 4.98 Å². The second-order valence-corrected chi connectivity index (χ2v) is 5.15. The van der Waals surface area contributed by atoms with Gasteiger partial charge in [-0.2, -0.15) is 0 Å². The highest BCUT2D eigenvalue weighted by Gasteiger charge is 2.15. The van der Waals surface area contributed by atoms with Crippen molar-refractivity contribution in [1.82, 2.24) is 9.55 Å². The molecule has 6 nitrogen and oxygen atoms in total. The first-order valence-electron chi connectivity index (χ1n) is 7.04. The van der Waals surface area contributed by atoms with E-state index in [9.17, 15) is 14.4 Å². The van der Waals surface area contributed by atoms with Gasteiger partial charge in [0.05, 0.1) is 24.8 Å². The molecule has 0 bridgehead atoms. The first-order chi connectivity index (χ1) is 9.59. The Balaban J connectivity index is 2.02. The van der Waals surface area contributed by atoms with Crippen molar-refractivity contribution in [3.8, 4) is 0 Å². The number of rotatable bonds is 5. The third kappa shape index (κ3) is 3.45. The topological polar surface area (TPSA) is 81.2 Å². The monoisotopic (exact) mass is 280 g/mol. The normalized spacial score (nSPS) is 16.2. The zero-order valence-electron chi connectivity index (χ0n) is 11.7. The van der Waals surface area contributed by atoms with Crippen LogP contribution in [-0.4, -0.2) is 28.0 Å². The van der Waals surface area contributed by atoms with Gasteiger partial charge in [-0.1, -0.05) is 19.3 Å². The maximum atomic E-state index is 12.0. The molecule has 6 heteroatoms. The van der Waals surface area contributed by atoms with E-state index in [4.69, 9.17) is 4.74 Å². The number of nitrogens with zero attached hydrogens (tertiary/aromatic N) is 1. The van der Waals surface area contributed by atoms with Crippen LogP contribution in [-0.2, 0) is 11.3 Å². The van der Waals surface area contributed by atoms with Gasteiger partial charge >= 0.3 is 5.69 Å². The molecule has 1 aromatic rings. The summed E-state index contributed by atoms with van der Waals surface area (Å²) in [6, 6.07) is 0. The Morgan fingerprint density at radius 3 is 2.70 bits per heavy atom. The summed E-state index contributed by atoms with van der Waals surface area (Å²) in [7, 11) is 0. The highest BCUT2D eigenvalue weighted by Crippen LogP contribution is 2.19. The van der Waals surface area contributed by atoms with Crippen LogP contribution < -0.4 is 11.2 Å². The van der Waals surface area contributed by atoms with E-state index in [1.807, 2.05) is 0 Å². The molecule has 0 aromatic carbocycles. The predicted molar refractivity (Wildman–Crippen MR) is 74.2 cm³/mol. The van der Waals surface area contributed by atoms with Crippen LogP contribution in [0.2, 0.25) is 0 Å². The highest BCUT2D eigenvalue weighted by molar-refractivity contribution is 5.93. The number of H-pyrrole nitrogens is 1. The fourth-order valence-corrected chi connectivity index (χ4v) is 2.51. The molecule has 1 fully saturated rings. The van der Waals surface area contributed by atoms with Gasteiger partial charge in [0.2, 0.25) is 0 Å². The molecule has 0 spiro atoms. The summed E-state index contributed by atoms with van der Waals surface area (Å²) >= 11 is 0. The van der Waals surface area contributed by atoms with E-state index < -0.39 is 11.2 Å². The zero-order valence-corrected chi connectivity index (χ0v) is 11.7. The third-order valence-corrected chi connectivity index (χ3v) is 3.66. The van der Waals surface area contributed by atoms with Crippen molar-refractivity contribution in [3.63, 3.8) is 0 Å². The minimum Gasteiger partial charge on any atom is -0.376 e. The summed E-state index contributed by atoms with van der Waals surface area (Å²) in [5.41, 5.74) is -1.05. The van der Waals surface area contributed by atoms with Crippen molar-refractivity contribution in [2.45, 2.75) is 51.7 Å². The first-order valence-corrected chi connectivity index (χ1v) is 7.04. The Morgan fingerprint density at radius 1 is 1.35 bits per heavy atom. The molecule has 1 aromatic heterocycles. The molecular weight excluding hydrogens is 260 g/mol. The number of carbonyl (C=O) groups is 1. The van der Waals surface area contributed by atoms with E-state index in [0.29, 0.717) is 6.61 Å². The largest absolute Gasteiger partial charge is 0.376 e. The summed E-state index contributed by atoms with van der Waals surface area (Å²) in [5, 5.41) is 0. The van der Waals surface area contributed by atoms with Crippen LogP contribution in [0.1, 0.15) is 49.4 Å². The number of ether oxygens (including phenoxy) is 1. The minimum atomic E-state index is -0.548. The Labute approximate surface area is 116 Å². The molecule has 0 unspecified atom stereocenters. The van der Waals surface area contributed by atoms with Gasteiger partial charge in [0, 0.05) is 6.20 Å². The van der Waals surface area contributed by atoms with Crippen LogP contribution in [0.15, 0.2) is 15.8 Å². The Kier molecular flexibility index (Phi) is 4.89. The van der Waals surface area contributed by atoms with Gasteiger partial charge in [-0.25, -0.2) is 4.79 Å². The van der Waals surface area contributed by atoms with Crippen LogP contribution >= 0.6 is 0 Å². The first kappa shape index (κ1) is 14.7. The van der Waals surface area contributed by atoms with Crippen LogP contribution in [0.3, 0.4) is 0 Å². The average molecular weight is 280 g/mol. The molecule has 20 heavy (non-hydrogen) atoms. The van der Waals surface area contributed by atoms with Crippen molar-refractivity contribution < 1.29 is 9.53 Å². The zero-order chi connectivity index (χ0) is 14.5. The number of hydrogen-bond donors (Lipinski definition) is 1. The van der Waals surface area contributed by atoms with E-state index in [-0.39, 0.29) is 24.0 Å². The molecule has 2 rings (SSSR count). The lowest BCUT2D eigenvalue weighted by atomic mass is 9.98. The van der Waals surface area contributed by atoms with Crippen molar-refractivity contribution in [3.05, 3.63) is 32.6 Å². The molecular formula is C14H20N2O4. The highest BCUT2D eigenvalue weighted by atomic mass is 16.5. The number of Topliss-reactive ketones (excluding diaryl/α,β-unsaturated/α-hetero) is 1. The summed E-state index contributed by atoms with van der Waals surface area (Å²) in [5.74, 6) is -0.354. The molecule has 1 saturated carbocycles. The number of aromatic nitrogens is 2. The van der Waals surface area contributed by atoms with Crippen LogP contribution in [0.4, 0.5) is 0 Å². The molecule has 110 valence electrons. The molecule has 1 aliphatic carbocycles. The fourth-order valence-electron chi connectivity index (χ4n) is 2.51. The Bertz CT molecular complexity index is 582. The quantitative estimate of drug-likeness (QED) is 0.819. The smallest absolute Gasteiger partial charge is 0.328 e. The maximum Gasteiger partial charge on any atom is 0.328 e. The number of ketones is 1. The average Bonchev–Trinajstić information content (AvgIpc) is 2.43. The molecule has 0 saturated heterocycles. The summed E-state index contributed by atoms with van der Waals surface area (Å²) in [4.78, 5) is 37.3. The molecule has 1 N–H and O–H groups in total. The van der Waals surface area contributed by atoms with Gasteiger partial charge < -0.3 is 9.72 Å². The lowest BCUT2D eigenvalue weighted by molar-refractivity contribution is 0.0232. The summed E-state index contributed by atoms with van der Waals surface area (Å²) in [6.07, 6.45) is 7.08. The predicted octanol–water partition coefficient (Wildman–Crippen LogP) is 1.09. The number of aromatic amines is 1. The molecule has 0 radical (unpaired) electrons.